The van der Waals surface area contributed by atoms with Crippen molar-refractivity contribution in [1.29, 1.82) is 0 Å². The number of likely N-dealkylation sites (tertiary alicyclic amines) is 1. The van der Waals surface area contributed by atoms with E-state index in [2.05, 4.69) is 27.4 Å². The molecule has 1 unspecified atom stereocenters. The lowest BCUT2D eigenvalue weighted by atomic mass is 10.2. The fraction of sp³-hybridized carbons (Fsp3) is 0.611. The molecule has 0 aromatic heterocycles. The monoisotopic (exact) mass is 494 g/mol. The van der Waals surface area contributed by atoms with Crippen LogP contribution >= 0.6 is 24.0 Å². The summed E-state index contributed by atoms with van der Waals surface area (Å²) in [6, 6.07) is 9.16. The Morgan fingerprint density at radius 1 is 1.27 bits per heavy atom. The first-order chi connectivity index (χ1) is 12.1. The highest BCUT2D eigenvalue weighted by Gasteiger charge is 2.22. The van der Waals surface area contributed by atoms with Crippen LogP contribution in [0.4, 0.5) is 0 Å². The van der Waals surface area contributed by atoms with Crippen molar-refractivity contribution in [2.24, 2.45) is 4.99 Å². The molecule has 26 heavy (non-hydrogen) atoms. The van der Waals surface area contributed by atoms with E-state index in [1.165, 1.54) is 19.4 Å². The Morgan fingerprint density at radius 3 is 2.65 bits per heavy atom. The van der Waals surface area contributed by atoms with E-state index in [-0.39, 0.29) is 29.7 Å². The van der Waals surface area contributed by atoms with Crippen molar-refractivity contribution in [1.82, 2.24) is 15.5 Å². The molecule has 0 amide bonds. The minimum absolute atomic E-state index is 0. The number of guanidine groups is 1. The van der Waals surface area contributed by atoms with Gasteiger partial charge in [0, 0.05) is 26.2 Å². The molecule has 1 saturated heterocycles. The van der Waals surface area contributed by atoms with Gasteiger partial charge in [0.05, 0.1) is 10.6 Å². The van der Waals surface area contributed by atoms with Crippen molar-refractivity contribution in [3.05, 3.63) is 30.3 Å². The molecule has 6 nitrogen and oxygen atoms in total. The number of hydrogen-bond acceptors (Lipinski definition) is 4. The summed E-state index contributed by atoms with van der Waals surface area (Å²) in [6.07, 6.45) is 3.01. The average Bonchev–Trinajstić information content (AvgIpc) is 3.09. The van der Waals surface area contributed by atoms with Crippen molar-refractivity contribution in [3.63, 3.8) is 0 Å². The van der Waals surface area contributed by atoms with Gasteiger partial charge in [-0.25, -0.2) is 8.42 Å². The van der Waals surface area contributed by atoms with E-state index in [4.69, 9.17) is 0 Å². The second-order valence-electron chi connectivity index (χ2n) is 6.29. The summed E-state index contributed by atoms with van der Waals surface area (Å²) in [7, 11) is -1.47. The molecule has 2 N–H and O–H groups in total. The van der Waals surface area contributed by atoms with Crippen molar-refractivity contribution >= 4 is 39.8 Å². The predicted molar refractivity (Wildman–Crippen MR) is 118 cm³/mol. The van der Waals surface area contributed by atoms with Crippen molar-refractivity contribution in [2.45, 2.75) is 37.1 Å². The molecule has 0 bridgehead atoms. The Balaban J connectivity index is 0.00000338. The van der Waals surface area contributed by atoms with Crippen molar-refractivity contribution < 1.29 is 8.42 Å². The van der Waals surface area contributed by atoms with Gasteiger partial charge in [0.2, 0.25) is 0 Å². The van der Waals surface area contributed by atoms with Gasteiger partial charge in [-0.2, -0.15) is 0 Å². The highest BCUT2D eigenvalue weighted by atomic mass is 127. The van der Waals surface area contributed by atoms with Gasteiger partial charge in [-0.3, -0.25) is 9.89 Å². The third-order valence-electron chi connectivity index (χ3n) is 4.62. The first-order valence-electron chi connectivity index (χ1n) is 9.03. The number of rotatable bonds is 8. The number of nitrogens with one attached hydrogen (secondary N) is 2. The molecule has 8 heteroatoms. The van der Waals surface area contributed by atoms with Gasteiger partial charge in [-0.05, 0) is 44.5 Å². The molecule has 2 rings (SSSR count). The van der Waals surface area contributed by atoms with Crippen LogP contribution in [0.15, 0.2) is 40.2 Å². The minimum Gasteiger partial charge on any atom is -0.356 e. The zero-order valence-electron chi connectivity index (χ0n) is 15.6. The molecule has 148 valence electrons. The second-order valence-corrected chi connectivity index (χ2v) is 8.40. The average molecular weight is 494 g/mol. The van der Waals surface area contributed by atoms with E-state index < -0.39 is 9.84 Å². The van der Waals surface area contributed by atoms with Gasteiger partial charge in [-0.1, -0.05) is 25.1 Å². The van der Waals surface area contributed by atoms with Crippen LogP contribution in [0.25, 0.3) is 0 Å². The Bertz CT molecular complexity index is 652. The number of nitrogens with zero attached hydrogens (tertiary/aromatic N) is 2. The van der Waals surface area contributed by atoms with E-state index in [1.807, 2.05) is 6.07 Å². The molecular formula is C18H31IN4O2S. The Labute approximate surface area is 174 Å². The van der Waals surface area contributed by atoms with Crippen LogP contribution in [0.3, 0.4) is 0 Å². The Morgan fingerprint density at radius 2 is 2.00 bits per heavy atom. The lowest BCUT2D eigenvalue weighted by Gasteiger charge is -2.23. The Kier molecular flexibility index (Phi) is 10.5. The SMILES string of the molecule is CCN1CCCC1CNC(=NC)NCCCS(=O)(=O)c1ccccc1.I. The van der Waals surface area contributed by atoms with Gasteiger partial charge in [0.25, 0.3) is 0 Å². The number of sulfone groups is 1. The number of halogens is 1. The number of hydrogen-bond donors (Lipinski definition) is 2. The molecule has 1 fully saturated rings. The molecule has 0 saturated carbocycles. The fourth-order valence-corrected chi connectivity index (χ4v) is 4.52. The highest BCUT2D eigenvalue weighted by Crippen LogP contribution is 2.15. The van der Waals surface area contributed by atoms with Crippen LogP contribution in [-0.2, 0) is 9.84 Å². The molecule has 1 aromatic carbocycles. The van der Waals surface area contributed by atoms with E-state index in [0.717, 1.165) is 19.0 Å². The third kappa shape index (κ3) is 7.03. The van der Waals surface area contributed by atoms with Crippen LogP contribution in [0.2, 0.25) is 0 Å². The topological polar surface area (TPSA) is 73.8 Å². The summed E-state index contributed by atoms with van der Waals surface area (Å²) >= 11 is 0. The number of benzene rings is 1. The molecule has 1 aliphatic rings. The zero-order valence-corrected chi connectivity index (χ0v) is 18.8. The first-order valence-corrected chi connectivity index (χ1v) is 10.7. The maximum absolute atomic E-state index is 12.2. The van der Waals surface area contributed by atoms with E-state index in [9.17, 15) is 8.42 Å². The van der Waals surface area contributed by atoms with Crippen LogP contribution in [0.5, 0.6) is 0 Å². The second kappa shape index (κ2) is 11.8. The molecule has 0 spiro atoms. The number of aliphatic imine (C=N–C) groups is 1. The van der Waals surface area contributed by atoms with Gasteiger partial charge in [0.15, 0.2) is 15.8 Å². The number of likely N-dealkylation sites (N-methyl/N-ethyl adjacent to an activating group) is 1. The van der Waals surface area contributed by atoms with Gasteiger partial charge < -0.3 is 10.6 Å². The van der Waals surface area contributed by atoms with Gasteiger partial charge in [-0.15, -0.1) is 24.0 Å². The normalized spacial score (nSPS) is 18.4. The quantitative estimate of drug-likeness (QED) is 0.251. The van der Waals surface area contributed by atoms with Crippen molar-refractivity contribution in [2.75, 3.05) is 39.0 Å². The summed E-state index contributed by atoms with van der Waals surface area (Å²) in [5.74, 6) is 0.868. The zero-order chi connectivity index (χ0) is 18.1. The summed E-state index contributed by atoms with van der Waals surface area (Å²) in [5.41, 5.74) is 0. The molecule has 1 heterocycles. The standard InChI is InChI=1S/C18H30N4O2S.HI/c1-3-22-13-7-9-16(22)15-21-18(19-2)20-12-8-14-25(23,24)17-10-5-4-6-11-17;/h4-6,10-11,16H,3,7-9,12-15H2,1-2H3,(H2,19,20,21);1H. The largest absolute Gasteiger partial charge is 0.356 e. The van der Waals surface area contributed by atoms with Gasteiger partial charge >= 0.3 is 0 Å². The summed E-state index contributed by atoms with van der Waals surface area (Å²) in [5, 5.41) is 6.56. The van der Waals surface area contributed by atoms with E-state index in [1.54, 1.807) is 31.3 Å². The molecule has 1 atom stereocenters. The van der Waals surface area contributed by atoms with Crippen LogP contribution < -0.4 is 10.6 Å². The third-order valence-corrected chi connectivity index (χ3v) is 6.44. The van der Waals surface area contributed by atoms with E-state index >= 15 is 0 Å². The highest BCUT2D eigenvalue weighted by molar-refractivity contribution is 14.0. The van der Waals surface area contributed by atoms with Crippen LogP contribution in [-0.4, -0.2) is 64.3 Å². The summed E-state index contributed by atoms with van der Waals surface area (Å²) in [4.78, 5) is 7.08. The molecule has 1 aromatic rings. The molecule has 0 aliphatic carbocycles. The smallest absolute Gasteiger partial charge is 0.191 e. The fourth-order valence-electron chi connectivity index (χ4n) is 3.19. The predicted octanol–water partition coefficient (Wildman–Crippen LogP) is 2.12. The molecule has 1 aliphatic heterocycles. The van der Waals surface area contributed by atoms with Crippen LogP contribution in [0, 0.1) is 0 Å². The maximum atomic E-state index is 12.2. The first kappa shape index (κ1) is 23.2. The Hall–Kier alpha value is -0.870. The maximum Gasteiger partial charge on any atom is 0.191 e. The lowest BCUT2D eigenvalue weighted by Crippen LogP contribution is -2.45. The van der Waals surface area contributed by atoms with Crippen LogP contribution in [0.1, 0.15) is 26.2 Å². The minimum atomic E-state index is -3.21. The van der Waals surface area contributed by atoms with E-state index in [0.29, 0.717) is 23.9 Å². The van der Waals surface area contributed by atoms with Crippen molar-refractivity contribution in [3.8, 4) is 0 Å². The summed E-state index contributed by atoms with van der Waals surface area (Å²) < 4.78 is 24.5. The molecule has 0 radical (unpaired) electrons. The lowest BCUT2D eigenvalue weighted by molar-refractivity contribution is 0.267. The van der Waals surface area contributed by atoms with Gasteiger partial charge in [0.1, 0.15) is 0 Å². The molecular weight excluding hydrogens is 463 g/mol. The summed E-state index contributed by atoms with van der Waals surface area (Å²) in [6.45, 7) is 5.89.